The van der Waals surface area contributed by atoms with Gasteiger partial charge in [-0.05, 0) is 19.1 Å². The summed E-state index contributed by atoms with van der Waals surface area (Å²) in [6, 6.07) is 3.40. The summed E-state index contributed by atoms with van der Waals surface area (Å²) in [5, 5.41) is 12.8. The van der Waals surface area contributed by atoms with E-state index in [2.05, 4.69) is 25.3 Å². The zero-order valence-corrected chi connectivity index (χ0v) is 14.5. The summed E-state index contributed by atoms with van der Waals surface area (Å²) in [6.45, 7) is 1.74. The zero-order valence-electron chi connectivity index (χ0n) is 13.7. The molecular weight excluding hydrogens is 385 g/mol. The number of aromatic nitrogens is 4. The van der Waals surface area contributed by atoms with Crippen molar-refractivity contribution in [1.29, 1.82) is 0 Å². The lowest BCUT2D eigenvalue weighted by molar-refractivity contribution is -0.140. The Kier molecular flexibility index (Phi) is 6.23. The smallest absolute Gasteiger partial charge is 0.434 e. The number of carboxylic acids is 1. The van der Waals surface area contributed by atoms with E-state index in [1.807, 2.05) is 0 Å². The minimum absolute atomic E-state index is 0.0196. The largest absolute Gasteiger partial charge is 0.476 e. The number of anilines is 3. The Hall–Kier alpha value is -3.28. The van der Waals surface area contributed by atoms with Crippen molar-refractivity contribution in [3.8, 4) is 0 Å². The fourth-order valence-electron chi connectivity index (χ4n) is 1.76. The quantitative estimate of drug-likeness (QED) is 0.613. The number of nitrogens with one attached hydrogen (secondary N) is 1. The molecule has 0 bridgehead atoms. The summed E-state index contributed by atoms with van der Waals surface area (Å²) >= 11 is 0.778. The van der Waals surface area contributed by atoms with E-state index < -0.39 is 17.8 Å². The number of pyridine rings is 1. The second kappa shape index (κ2) is 8.40. The fourth-order valence-corrected chi connectivity index (χ4v) is 2.33. The van der Waals surface area contributed by atoms with Crippen LogP contribution in [0.1, 0.15) is 21.9 Å². The van der Waals surface area contributed by atoms with Crippen molar-refractivity contribution >= 4 is 33.8 Å². The summed E-state index contributed by atoms with van der Waals surface area (Å²) in [4.78, 5) is 25.7. The van der Waals surface area contributed by atoms with Crippen LogP contribution in [0.5, 0.6) is 0 Å². The molecule has 0 aliphatic carbocycles. The number of carbonyl (C=O) groups is 1. The van der Waals surface area contributed by atoms with Crippen LogP contribution in [-0.4, -0.2) is 31.0 Å². The van der Waals surface area contributed by atoms with Gasteiger partial charge in [0.25, 0.3) is 0 Å². The molecule has 0 spiro atoms. The van der Waals surface area contributed by atoms with Crippen LogP contribution in [0, 0.1) is 6.92 Å². The molecule has 0 fully saturated rings. The van der Waals surface area contributed by atoms with E-state index in [4.69, 9.17) is 10.8 Å². The van der Waals surface area contributed by atoms with Gasteiger partial charge in [-0.2, -0.15) is 13.2 Å². The number of rotatable bonds is 3. The molecule has 0 aliphatic heterocycles. The predicted molar refractivity (Wildman–Crippen MR) is 92.8 cm³/mol. The number of thiazole rings is 1. The third-order valence-corrected chi connectivity index (χ3v) is 3.56. The summed E-state index contributed by atoms with van der Waals surface area (Å²) in [6.07, 6.45) is 0.141. The molecule has 3 aromatic rings. The number of hydrogen-bond donors (Lipinski definition) is 3. The van der Waals surface area contributed by atoms with E-state index in [-0.39, 0.29) is 10.8 Å². The number of aryl methyl sites for hydroxylation is 1. The summed E-state index contributed by atoms with van der Waals surface area (Å²) in [5.74, 6) is -1.08. The molecule has 4 N–H and O–H groups in total. The van der Waals surface area contributed by atoms with Crippen molar-refractivity contribution in [3.63, 3.8) is 0 Å². The van der Waals surface area contributed by atoms with E-state index >= 15 is 0 Å². The lowest BCUT2D eigenvalue weighted by Crippen LogP contribution is -2.06. The number of aromatic carboxylic acids is 1. The minimum Gasteiger partial charge on any atom is -0.476 e. The SMILES string of the molecule is Cc1ccc(Nc2cncnc2)c(C(=O)O)n1.Nc1nc(C(F)(F)F)cs1. The van der Waals surface area contributed by atoms with Gasteiger partial charge in [-0.15, -0.1) is 11.3 Å². The van der Waals surface area contributed by atoms with Crippen LogP contribution in [0.15, 0.2) is 36.2 Å². The number of hydrogen-bond acceptors (Lipinski definition) is 8. The Balaban J connectivity index is 0.000000223. The normalized spacial score (nSPS) is 10.7. The van der Waals surface area contributed by atoms with E-state index in [1.165, 1.54) is 6.33 Å². The zero-order chi connectivity index (χ0) is 20.0. The Bertz CT molecular complexity index is 917. The highest BCUT2D eigenvalue weighted by molar-refractivity contribution is 7.13. The van der Waals surface area contributed by atoms with Gasteiger partial charge < -0.3 is 16.2 Å². The highest BCUT2D eigenvalue weighted by atomic mass is 32.1. The van der Waals surface area contributed by atoms with Gasteiger partial charge in [-0.25, -0.2) is 24.7 Å². The first-order valence-electron chi connectivity index (χ1n) is 7.18. The van der Waals surface area contributed by atoms with Crippen LogP contribution in [0.2, 0.25) is 0 Å². The maximum Gasteiger partial charge on any atom is 0.434 e. The standard InChI is InChI=1S/C11H10N4O2.C4H3F3N2S/c1-7-2-3-9(10(14-7)11(16)17)15-8-4-12-6-13-5-8;5-4(6,7)2-1-10-3(8)9-2/h2-6,15H,1H3,(H,16,17);1H,(H2,8,9). The number of carboxylic acid groups (broad SMARTS) is 1. The summed E-state index contributed by atoms with van der Waals surface area (Å²) in [7, 11) is 0. The Morgan fingerprint density at radius 1 is 1.22 bits per heavy atom. The van der Waals surface area contributed by atoms with Gasteiger partial charge in [0.05, 0.1) is 23.8 Å². The number of nitrogens with two attached hydrogens (primary N) is 1. The Morgan fingerprint density at radius 3 is 2.37 bits per heavy atom. The highest BCUT2D eigenvalue weighted by Gasteiger charge is 2.33. The second-order valence-electron chi connectivity index (χ2n) is 4.97. The number of halogens is 3. The molecule has 0 aliphatic rings. The summed E-state index contributed by atoms with van der Waals surface area (Å²) in [5.41, 5.74) is 5.72. The Morgan fingerprint density at radius 2 is 1.89 bits per heavy atom. The number of alkyl halides is 3. The van der Waals surface area contributed by atoms with Gasteiger partial charge in [-0.3, -0.25) is 0 Å². The molecule has 3 heterocycles. The molecule has 0 radical (unpaired) electrons. The van der Waals surface area contributed by atoms with E-state index in [0.29, 0.717) is 17.1 Å². The van der Waals surface area contributed by atoms with E-state index in [9.17, 15) is 18.0 Å². The van der Waals surface area contributed by atoms with Crippen molar-refractivity contribution in [2.75, 3.05) is 11.1 Å². The van der Waals surface area contributed by atoms with Crippen molar-refractivity contribution in [2.24, 2.45) is 0 Å². The average molecular weight is 398 g/mol. The lowest BCUT2D eigenvalue weighted by atomic mass is 10.2. The number of nitrogens with zero attached hydrogens (tertiary/aromatic N) is 4. The van der Waals surface area contributed by atoms with Crippen LogP contribution in [0.4, 0.5) is 29.7 Å². The third-order valence-electron chi connectivity index (χ3n) is 2.89. The maximum absolute atomic E-state index is 11.7. The van der Waals surface area contributed by atoms with Crippen LogP contribution >= 0.6 is 11.3 Å². The van der Waals surface area contributed by atoms with Gasteiger partial charge in [0, 0.05) is 11.1 Å². The monoisotopic (exact) mass is 398 g/mol. The maximum atomic E-state index is 11.7. The molecule has 3 aromatic heterocycles. The number of nitrogen functional groups attached to an aromatic ring is 1. The van der Waals surface area contributed by atoms with Gasteiger partial charge in [-0.1, -0.05) is 0 Å². The topological polar surface area (TPSA) is 127 Å². The molecule has 0 amide bonds. The molecule has 0 aromatic carbocycles. The minimum atomic E-state index is -4.37. The molecule has 12 heteroatoms. The molecule has 0 atom stereocenters. The molecular formula is C15H13F3N6O2S. The molecule has 3 rings (SSSR count). The van der Waals surface area contributed by atoms with Gasteiger partial charge in [0.1, 0.15) is 6.33 Å². The van der Waals surface area contributed by atoms with Gasteiger partial charge in [0.2, 0.25) is 0 Å². The molecule has 0 saturated carbocycles. The highest BCUT2D eigenvalue weighted by Crippen LogP contribution is 2.30. The van der Waals surface area contributed by atoms with Crippen LogP contribution in [0.25, 0.3) is 0 Å². The molecule has 27 heavy (non-hydrogen) atoms. The van der Waals surface area contributed by atoms with Crippen molar-refractivity contribution in [2.45, 2.75) is 13.1 Å². The lowest BCUT2D eigenvalue weighted by Gasteiger charge is -2.08. The molecule has 0 saturated heterocycles. The molecule has 8 nitrogen and oxygen atoms in total. The van der Waals surface area contributed by atoms with Crippen molar-refractivity contribution in [3.05, 3.63) is 53.3 Å². The van der Waals surface area contributed by atoms with Crippen LogP contribution in [0.3, 0.4) is 0 Å². The van der Waals surface area contributed by atoms with Gasteiger partial charge >= 0.3 is 12.1 Å². The average Bonchev–Trinajstić information content (AvgIpc) is 3.05. The molecule has 142 valence electrons. The first kappa shape index (κ1) is 20.0. The third kappa shape index (κ3) is 5.88. The van der Waals surface area contributed by atoms with Crippen LogP contribution in [-0.2, 0) is 6.18 Å². The fraction of sp³-hybridized carbons (Fsp3) is 0.133. The molecule has 0 unspecified atom stereocenters. The first-order valence-corrected chi connectivity index (χ1v) is 8.06. The predicted octanol–water partition coefficient (Wildman–Crippen LogP) is 3.37. The summed E-state index contributed by atoms with van der Waals surface area (Å²) < 4.78 is 35.1. The first-order chi connectivity index (χ1) is 12.7. The van der Waals surface area contributed by atoms with Crippen molar-refractivity contribution < 1.29 is 23.1 Å². The van der Waals surface area contributed by atoms with Gasteiger partial charge in [0.15, 0.2) is 16.5 Å². The second-order valence-corrected chi connectivity index (χ2v) is 5.86. The van der Waals surface area contributed by atoms with E-state index in [0.717, 1.165) is 16.7 Å². The van der Waals surface area contributed by atoms with E-state index in [1.54, 1.807) is 31.5 Å². The Labute approximate surface area is 155 Å². The van der Waals surface area contributed by atoms with Crippen molar-refractivity contribution in [1.82, 2.24) is 19.9 Å². The van der Waals surface area contributed by atoms with Crippen LogP contribution < -0.4 is 11.1 Å².